The number of carbonyl (C=O) groups excluding carboxylic acids is 1. The van der Waals surface area contributed by atoms with Crippen molar-refractivity contribution in [2.24, 2.45) is 11.8 Å². The minimum atomic E-state index is -3.85. The highest BCUT2D eigenvalue weighted by molar-refractivity contribution is 7.92. The number of nitrogens with one attached hydrogen (secondary N) is 1. The Hall–Kier alpha value is -2.03. The van der Waals surface area contributed by atoms with Gasteiger partial charge in [-0.1, -0.05) is 11.6 Å². The van der Waals surface area contributed by atoms with Gasteiger partial charge < -0.3 is 10.4 Å². The normalized spacial score (nSPS) is 27.4. The molecule has 4 atom stereocenters. The summed E-state index contributed by atoms with van der Waals surface area (Å²) < 4.78 is 54.0. The number of fused-ring (bicyclic) bond motifs is 2. The van der Waals surface area contributed by atoms with E-state index in [2.05, 4.69) is 5.32 Å². The van der Waals surface area contributed by atoms with Gasteiger partial charge in [-0.25, -0.2) is 17.2 Å². The molecule has 0 spiro atoms. The summed E-state index contributed by atoms with van der Waals surface area (Å²) >= 11 is 6.22. The first-order chi connectivity index (χ1) is 14.9. The average Bonchev–Trinajstić information content (AvgIpc) is 2.88. The monoisotopic (exact) mass is 483 g/mol. The van der Waals surface area contributed by atoms with Crippen LogP contribution in [0.5, 0.6) is 0 Å². The first-order valence-electron chi connectivity index (χ1n) is 10.4. The Morgan fingerprint density at radius 2 is 1.78 bits per heavy atom. The van der Waals surface area contributed by atoms with Gasteiger partial charge in [0.15, 0.2) is 21.5 Å². The number of aliphatic hydroxyl groups is 1. The lowest BCUT2D eigenvalue weighted by Gasteiger charge is -2.40. The highest BCUT2D eigenvalue weighted by Gasteiger charge is 2.53. The summed E-state index contributed by atoms with van der Waals surface area (Å²) in [7, 11) is -3.85. The lowest BCUT2D eigenvalue weighted by Crippen LogP contribution is -2.45. The Bertz CT molecular complexity index is 1160. The van der Waals surface area contributed by atoms with E-state index in [-0.39, 0.29) is 38.6 Å². The van der Waals surface area contributed by atoms with Crippen molar-refractivity contribution in [3.05, 3.63) is 58.1 Å². The molecule has 32 heavy (non-hydrogen) atoms. The molecule has 2 aromatic carbocycles. The molecule has 2 bridgehead atoms. The topological polar surface area (TPSA) is 83.5 Å². The van der Waals surface area contributed by atoms with E-state index in [1.54, 1.807) is 6.92 Å². The fraction of sp³-hybridized carbons (Fsp3) is 0.435. The summed E-state index contributed by atoms with van der Waals surface area (Å²) in [5.74, 6) is -2.95. The summed E-state index contributed by atoms with van der Waals surface area (Å²) in [6.45, 7) is 3.14. The highest BCUT2D eigenvalue weighted by Crippen LogP contribution is 2.51. The Morgan fingerprint density at radius 1 is 1.16 bits per heavy atom. The van der Waals surface area contributed by atoms with E-state index in [1.165, 1.54) is 31.2 Å². The number of benzene rings is 2. The van der Waals surface area contributed by atoms with Crippen molar-refractivity contribution in [2.75, 3.05) is 5.32 Å². The molecule has 4 rings (SSSR count). The largest absolute Gasteiger partial charge is 0.390 e. The van der Waals surface area contributed by atoms with Gasteiger partial charge >= 0.3 is 0 Å². The van der Waals surface area contributed by atoms with Crippen LogP contribution in [0.2, 0.25) is 5.02 Å². The first-order valence-corrected chi connectivity index (χ1v) is 12.4. The third-order valence-electron chi connectivity index (χ3n) is 7.02. The zero-order valence-electron chi connectivity index (χ0n) is 17.7. The lowest BCUT2D eigenvalue weighted by atomic mass is 9.76. The second-order valence-electron chi connectivity index (χ2n) is 9.02. The summed E-state index contributed by atoms with van der Waals surface area (Å²) in [4.78, 5) is 12.5. The number of hydrogen-bond acceptors (Lipinski definition) is 4. The second kappa shape index (κ2) is 8.08. The molecule has 2 fully saturated rings. The molecule has 2 aromatic rings. The van der Waals surface area contributed by atoms with Gasteiger partial charge in [0, 0.05) is 17.3 Å². The van der Waals surface area contributed by atoms with E-state index >= 15 is 0 Å². The molecule has 2 unspecified atom stereocenters. The van der Waals surface area contributed by atoms with Gasteiger partial charge in [0.1, 0.15) is 0 Å². The van der Waals surface area contributed by atoms with Crippen LogP contribution < -0.4 is 5.32 Å². The lowest BCUT2D eigenvalue weighted by molar-refractivity contribution is -0.0413. The Morgan fingerprint density at radius 3 is 2.38 bits per heavy atom. The second-order valence-corrected chi connectivity index (χ2v) is 11.6. The fourth-order valence-corrected chi connectivity index (χ4v) is 7.46. The molecule has 0 heterocycles. The van der Waals surface area contributed by atoms with Crippen LogP contribution in [0.4, 0.5) is 14.5 Å². The number of anilines is 1. The number of halogens is 3. The van der Waals surface area contributed by atoms with Gasteiger partial charge in [0.25, 0.3) is 5.91 Å². The molecule has 2 saturated carbocycles. The number of sulfone groups is 1. The summed E-state index contributed by atoms with van der Waals surface area (Å²) in [6, 6.07) is 6.08. The van der Waals surface area contributed by atoms with Gasteiger partial charge in [-0.05, 0) is 81.2 Å². The van der Waals surface area contributed by atoms with Crippen molar-refractivity contribution in [1.82, 2.24) is 0 Å². The Balaban J connectivity index is 1.61. The van der Waals surface area contributed by atoms with Crippen LogP contribution in [-0.2, 0) is 9.84 Å². The Labute approximate surface area is 190 Å². The molecule has 0 saturated heterocycles. The van der Waals surface area contributed by atoms with Crippen molar-refractivity contribution in [3.63, 3.8) is 0 Å². The molecule has 0 aliphatic heterocycles. The van der Waals surface area contributed by atoms with Gasteiger partial charge in [-0.3, -0.25) is 4.79 Å². The third-order valence-corrected chi connectivity index (χ3v) is 9.67. The number of hydrogen-bond donors (Lipinski definition) is 2. The third kappa shape index (κ3) is 3.93. The van der Waals surface area contributed by atoms with E-state index in [0.717, 1.165) is 18.9 Å². The zero-order chi connectivity index (χ0) is 23.4. The van der Waals surface area contributed by atoms with E-state index in [0.29, 0.717) is 12.8 Å². The fourth-order valence-electron chi connectivity index (χ4n) is 5.06. The van der Waals surface area contributed by atoms with Gasteiger partial charge in [0.05, 0.1) is 20.8 Å². The van der Waals surface area contributed by atoms with Gasteiger partial charge in [-0.2, -0.15) is 0 Å². The average molecular weight is 484 g/mol. The van der Waals surface area contributed by atoms with Crippen LogP contribution in [0.1, 0.15) is 48.5 Å². The zero-order valence-corrected chi connectivity index (χ0v) is 19.2. The highest BCUT2D eigenvalue weighted by atomic mass is 35.5. The minimum absolute atomic E-state index is 0.00917. The predicted octanol–water partition coefficient (Wildman–Crippen LogP) is 4.89. The SMILES string of the molecule is Cc1cc(NC(=O)c2ccc(Cl)c(S(=O)(=O)C3CC4CC[C@@H](C3)[C@]4(C)O)c2)cc(F)c1F. The maximum Gasteiger partial charge on any atom is 0.255 e. The molecule has 1 amide bonds. The van der Waals surface area contributed by atoms with Crippen molar-refractivity contribution < 1.29 is 27.1 Å². The van der Waals surface area contributed by atoms with Crippen molar-refractivity contribution in [1.29, 1.82) is 0 Å². The van der Waals surface area contributed by atoms with E-state index in [9.17, 15) is 27.1 Å². The van der Waals surface area contributed by atoms with Crippen LogP contribution in [0.3, 0.4) is 0 Å². The molecule has 0 aromatic heterocycles. The summed E-state index contributed by atoms with van der Waals surface area (Å²) in [6.07, 6.45) is 2.25. The predicted molar refractivity (Wildman–Crippen MR) is 118 cm³/mol. The first kappa shape index (κ1) is 23.1. The molecule has 2 aliphatic rings. The molecule has 2 N–H and O–H groups in total. The maximum absolute atomic E-state index is 13.7. The smallest absolute Gasteiger partial charge is 0.255 e. The van der Waals surface area contributed by atoms with Crippen LogP contribution in [0.15, 0.2) is 35.2 Å². The van der Waals surface area contributed by atoms with Crippen LogP contribution in [-0.4, -0.2) is 30.3 Å². The molecule has 5 nitrogen and oxygen atoms in total. The standard InChI is InChI=1S/C23H24ClF2NO4S/c1-12-7-16(11-19(25)21(12)26)27-22(28)13-3-6-18(24)20(8-13)32(30,31)17-9-14-4-5-15(10-17)23(14,2)29/h3,6-8,11,14-15,17,29H,4-5,9-10H2,1-2H3,(H,27,28)/t14-,15?,17?,23-/m0/s1. The van der Waals surface area contributed by atoms with Crippen LogP contribution in [0.25, 0.3) is 0 Å². The quantitative estimate of drug-likeness (QED) is 0.648. The molecule has 9 heteroatoms. The van der Waals surface area contributed by atoms with Gasteiger partial charge in [0.2, 0.25) is 0 Å². The van der Waals surface area contributed by atoms with Crippen molar-refractivity contribution in [3.8, 4) is 0 Å². The van der Waals surface area contributed by atoms with E-state index in [1.807, 2.05) is 0 Å². The molecule has 2 aliphatic carbocycles. The maximum atomic E-state index is 13.7. The number of rotatable bonds is 4. The van der Waals surface area contributed by atoms with Gasteiger partial charge in [-0.15, -0.1) is 0 Å². The molecule has 172 valence electrons. The number of aryl methyl sites for hydroxylation is 1. The summed E-state index contributed by atoms with van der Waals surface area (Å²) in [5, 5.41) is 12.5. The number of carbonyl (C=O) groups is 1. The van der Waals surface area contributed by atoms with Crippen molar-refractivity contribution in [2.45, 2.75) is 55.3 Å². The molecule has 0 radical (unpaired) electrons. The van der Waals surface area contributed by atoms with E-state index in [4.69, 9.17) is 11.6 Å². The molecular weight excluding hydrogens is 460 g/mol. The van der Waals surface area contributed by atoms with E-state index < -0.39 is 38.2 Å². The Kier molecular flexibility index (Phi) is 5.84. The number of amides is 1. The van der Waals surface area contributed by atoms with Crippen LogP contribution >= 0.6 is 11.6 Å². The van der Waals surface area contributed by atoms with Crippen molar-refractivity contribution >= 4 is 33.0 Å². The minimum Gasteiger partial charge on any atom is -0.390 e. The summed E-state index contributed by atoms with van der Waals surface area (Å²) in [5.41, 5.74) is -0.749. The van der Waals surface area contributed by atoms with Crippen LogP contribution in [0, 0.1) is 30.4 Å². The molecular formula is C23H24ClF2NO4S.